The van der Waals surface area contributed by atoms with Crippen molar-refractivity contribution < 1.29 is 18.8 Å². The third-order valence-corrected chi connectivity index (χ3v) is 12.6. The van der Waals surface area contributed by atoms with Gasteiger partial charge in [0.15, 0.2) is 17.4 Å². The summed E-state index contributed by atoms with van der Waals surface area (Å²) in [7, 11) is 4.03. The fourth-order valence-electron chi connectivity index (χ4n) is 8.21. The third kappa shape index (κ3) is 20.0. The lowest BCUT2D eigenvalue weighted by atomic mass is 9.75. The Morgan fingerprint density at radius 3 is 1.29 bits per heavy atom. The molecule has 0 bridgehead atoms. The summed E-state index contributed by atoms with van der Waals surface area (Å²) in [6.07, 6.45) is 13.6. The minimum Gasteiger partial charge on any atom is -0.337 e. The molecule has 4 fully saturated rings. The molecule has 2 aliphatic heterocycles. The van der Waals surface area contributed by atoms with E-state index in [2.05, 4.69) is 102 Å². The summed E-state index contributed by atoms with van der Waals surface area (Å²) < 4.78 is 12.6. The van der Waals surface area contributed by atoms with Crippen LogP contribution < -0.4 is 0 Å². The smallest absolute Gasteiger partial charge is 0.246 e. The molecule has 8 nitrogen and oxygen atoms in total. The van der Waals surface area contributed by atoms with Gasteiger partial charge in [-0.15, -0.1) is 0 Å². The average Bonchev–Trinajstić information content (AvgIpc) is 3.17. The van der Waals surface area contributed by atoms with Crippen molar-refractivity contribution in [2.45, 2.75) is 139 Å². The molecule has 0 unspecified atom stereocenters. The number of likely N-dealkylation sites (N-methyl/N-ethyl adjacent to an activating group) is 1. The quantitative estimate of drug-likeness (QED) is 0.183. The Morgan fingerprint density at radius 1 is 0.625 bits per heavy atom. The molecule has 1 amide bonds. The zero-order chi connectivity index (χ0) is 42.5. The van der Waals surface area contributed by atoms with E-state index in [1.807, 2.05) is 25.1 Å². The molecule has 56 heavy (non-hydrogen) atoms. The largest absolute Gasteiger partial charge is 0.337 e. The van der Waals surface area contributed by atoms with Crippen molar-refractivity contribution in [1.82, 2.24) is 24.5 Å². The molecule has 0 N–H and O–H groups in total. The summed E-state index contributed by atoms with van der Waals surface area (Å²) in [5.74, 6) is 2.47. The maximum atomic E-state index is 12.6. The zero-order valence-corrected chi connectivity index (χ0v) is 38.2. The molecule has 324 valence electrons. The van der Waals surface area contributed by atoms with Crippen molar-refractivity contribution >= 4 is 17.5 Å². The number of rotatable bonds is 12. The number of hydrogen-bond donors (Lipinski definition) is 0. The molecule has 9 heteroatoms. The van der Waals surface area contributed by atoms with Crippen LogP contribution in [-0.4, -0.2) is 133 Å². The Bertz CT molecular complexity index is 1150. The Hall–Kier alpha value is -2.20. The minimum atomic E-state index is -0.766. The fourth-order valence-corrected chi connectivity index (χ4v) is 8.21. The van der Waals surface area contributed by atoms with Gasteiger partial charge in [-0.05, 0) is 143 Å². The summed E-state index contributed by atoms with van der Waals surface area (Å²) >= 11 is 0. The number of piperazine rings is 2. The maximum Gasteiger partial charge on any atom is 0.246 e. The number of halogens is 1. The van der Waals surface area contributed by atoms with Gasteiger partial charge in [-0.2, -0.15) is 0 Å². The first-order valence-corrected chi connectivity index (χ1v) is 22.2. The van der Waals surface area contributed by atoms with Gasteiger partial charge in [-0.3, -0.25) is 29.1 Å². The van der Waals surface area contributed by atoms with Crippen LogP contribution in [0.25, 0.3) is 0 Å². The monoisotopic (exact) mass is 788 g/mol. The summed E-state index contributed by atoms with van der Waals surface area (Å²) in [6, 6.07) is 2.03. The molecule has 0 aromatic heterocycles. The normalized spacial score (nSPS) is 24.1. The number of allylic oxidation sites excluding steroid dienone is 2. The van der Waals surface area contributed by atoms with Crippen LogP contribution in [0, 0.1) is 35.5 Å². The summed E-state index contributed by atoms with van der Waals surface area (Å²) in [5.41, 5.74) is 0. The van der Waals surface area contributed by atoms with Gasteiger partial charge in [0.2, 0.25) is 5.91 Å². The van der Waals surface area contributed by atoms with E-state index in [1.165, 1.54) is 45.1 Å². The van der Waals surface area contributed by atoms with Crippen molar-refractivity contribution in [2.75, 3.05) is 73.0 Å². The Labute approximate surface area is 344 Å². The highest BCUT2D eigenvalue weighted by molar-refractivity contribution is 5.94. The number of carbonyl (C=O) groups is 3. The Balaban J connectivity index is 0.000000376. The van der Waals surface area contributed by atoms with Crippen molar-refractivity contribution in [2.24, 2.45) is 35.5 Å². The number of nitrogens with zero attached hydrogens (tertiary/aromatic N) is 5. The van der Waals surface area contributed by atoms with Crippen LogP contribution in [0.3, 0.4) is 0 Å². The second-order valence-corrected chi connectivity index (χ2v) is 18.5. The van der Waals surface area contributed by atoms with Crippen LogP contribution in [0.5, 0.6) is 0 Å². The predicted molar refractivity (Wildman–Crippen MR) is 235 cm³/mol. The maximum absolute atomic E-state index is 12.6. The predicted octanol–water partition coefficient (Wildman–Crippen LogP) is 8.78. The molecule has 0 atom stereocenters. The SMILES string of the molecule is C=C(F)C(=O)C1CCC(C(C)C)CC1.C=CC(=O)N1CCN(C(C)C)CC1.CC(C)C1CCC(C(=O)/C=C/CN(C)C)CC1.CC(C)N1CCN(C(C)C)CC1. The van der Waals surface area contributed by atoms with E-state index in [0.29, 0.717) is 29.6 Å². The summed E-state index contributed by atoms with van der Waals surface area (Å²) in [4.78, 5) is 45.9. The van der Waals surface area contributed by atoms with E-state index in [-0.39, 0.29) is 17.6 Å². The first kappa shape index (κ1) is 51.8. The van der Waals surface area contributed by atoms with E-state index >= 15 is 0 Å². The van der Waals surface area contributed by atoms with Crippen molar-refractivity contribution in [3.8, 4) is 0 Å². The molecular weight excluding hydrogens is 702 g/mol. The third-order valence-electron chi connectivity index (χ3n) is 12.6. The number of ketones is 2. The molecule has 4 rings (SSSR count). The standard InChI is InChI=1S/C15H27NO.C12H19FO.C10H18N2O.C10H22N2/c1-12(2)13-7-9-14(10-8-13)15(17)6-5-11-16(3)4;1-8(2)10-4-6-11(7-5-10)12(14)9(3)13;1-4-10(13)12-7-5-11(6-8-12)9(2)3;1-9(2)11-5-7-12(8-6-11)10(3)4/h5-6,12-14H,7-11H2,1-4H3;8,10-11H,3-7H2,1-2H3;4,9H,1,5-8H2,2-3H3;9-10H,5-8H2,1-4H3/b6-5+;;;. The lowest BCUT2D eigenvalue weighted by molar-refractivity contribution is -0.128. The Morgan fingerprint density at radius 2 is 0.982 bits per heavy atom. The Kier molecular flexibility index (Phi) is 25.4. The second-order valence-electron chi connectivity index (χ2n) is 18.5. The van der Waals surface area contributed by atoms with Gasteiger partial charge in [0.1, 0.15) is 0 Å². The van der Waals surface area contributed by atoms with Crippen LogP contribution in [0.4, 0.5) is 4.39 Å². The molecule has 0 aromatic carbocycles. The van der Waals surface area contributed by atoms with Gasteiger partial charge in [0.05, 0.1) is 0 Å². The average molecular weight is 788 g/mol. The van der Waals surface area contributed by atoms with Gasteiger partial charge in [-0.1, -0.05) is 46.9 Å². The molecular formula is C47H86FN5O3. The van der Waals surface area contributed by atoms with Gasteiger partial charge in [0.25, 0.3) is 0 Å². The first-order valence-electron chi connectivity index (χ1n) is 22.2. The fraction of sp³-hybridized carbons (Fsp3) is 0.809. The lowest BCUT2D eigenvalue weighted by Crippen LogP contribution is -2.50. The van der Waals surface area contributed by atoms with Crippen molar-refractivity contribution in [3.05, 3.63) is 37.2 Å². The van der Waals surface area contributed by atoms with Gasteiger partial charge < -0.3 is 9.80 Å². The van der Waals surface area contributed by atoms with Gasteiger partial charge >= 0.3 is 0 Å². The zero-order valence-electron chi connectivity index (χ0n) is 38.2. The van der Waals surface area contributed by atoms with Crippen LogP contribution in [0.15, 0.2) is 37.2 Å². The summed E-state index contributed by atoms with van der Waals surface area (Å²) in [6.45, 7) is 38.5. The molecule has 0 spiro atoms. The topological polar surface area (TPSA) is 67.4 Å². The molecule has 2 heterocycles. The van der Waals surface area contributed by atoms with Crippen molar-refractivity contribution in [1.29, 1.82) is 0 Å². The molecule has 0 radical (unpaired) electrons. The van der Waals surface area contributed by atoms with Crippen LogP contribution in [0.1, 0.15) is 121 Å². The highest BCUT2D eigenvalue weighted by Gasteiger charge is 2.29. The number of carbonyl (C=O) groups excluding carboxylic acids is 3. The van der Waals surface area contributed by atoms with E-state index in [0.717, 1.165) is 95.2 Å². The molecule has 2 saturated carbocycles. The van der Waals surface area contributed by atoms with Crippen LogP contribution in [0.2, 0.25) is 0 Å². The number of Topliss-reactive ketones (excluding diaryl/α,β-unsaturated/α-hetero) is 1. The number of amides is 1. The molecule has 4 aliphatic rings. The highest BCUT2D eigenvalue weighted by atomic mass is 19.1. The molecule has 2 aliphatic carbocycles. The van der Waals surface area contributed by atoms with Gasteiger partial charge in [-0.25, -0.2) is 4.39 Å². The highest BCUT2D eigenvalue weighted by Crippen LogP contribution is 2.35. The van der Waals surface area contributed by atoms with Gasteiger partial charge in [0, 0.05) is 88.9 Å². The lowest BCUT2D eigenvalue weighted by Gasteiger charge is -2.38. The molecule has 0 aromatic rings. The van der Waals surface area contributed by atoms with Crippen LogP contribution >= 0.6 is 0 Å². The molecule has 2 saturated heterocycles. The van der Waals surface area contributed by atoms with Crippen molar-refractivity contribution in [3.63, 3.8) is 0 Å². The van der Waals surface area contributed by atoms with E-state index in [1.54, 1.807) is 6.08 Å². The van der Waals surface area contributed by atoms with E-state index in [4.69, 9.17) is 0 Å². The second kappa shape index (κ2) is 27.5. The van der Waals surface area contributed by atoms with E-state index in [9.17, 15) is 18.8 Å². The van der Waals surface area contributed by atoms with Crippen LogP contribution in [-0.2, 0) is 14.4 Å². The first-order chi connectivity index (χ1) is 26.3. The summed E-state index contributed by atoms with van der Waals surface area (Å²) in [5, 5.41) is 0. The van der Waals surface area contributed by atoms with E-state index < -0.39 is 5.83 Å². The number of hydrogen-bond acceptors (Lipinski definition) is 7. The minimum absolute atomic E-state index is 0.0587.